The Morgan fingerprint density at radius 2 is 1.79 bits per heavy atom. The summed E-state index contributed by atoms with van der Waals surface area (Å²) in [4.78, 5) is 32.5. The lowest BCUT2D eigenvalue weighted by Crippen LogP contribution is -2.46. The van der Waals surface area contributed by atoms with Crippen LogP contribution in [0.4, 0.5) is 5.82 Å². The highest BCUT2D eigenvalue weighted by molar-refractivity contribution is 6.31. The monoisotopic (exact) mass is 393 g/mol. The molecule has 2 heterocycles. The molecule has 1 amide bonds. The van der Waals surface area contributed by atoms with E-state index < -0.39 is 0 Å². The number of Topliss-reactive ketones (excluding diaryl/α,β-unsaturated/α-hetero) is 1. The molecule has 0 spiro atoms. The molecule has 142 valence electrons. The Balaban J connectivity index is 1.98. The number of pyridine rings is 1. The summed E-state index contributed by atoms with van der Waals surface area (Å²) in [5.41, 5.74) is 3.20. The maximum absolute atomic E-state index is 12.8. The zero-order valence-electron chi connectivity index (χ0n) is 15.6. The minimum atomic E-state index is -0.0407. The molecule has 0 aliphatic carbocycles. The van der Waals surface area contributed by atoms with Crippen molar-refractivity contribution >= 4 is 40.5 Å². The van der Waals surface area contributed by atoms with Gasteiger partial charge in [0.2, 0.25) is 6.41 Å². The van der Waals surface area contributed by atoms with Gasteiger partial charge in [0.15, 0.2) is 5.78 Å². The second-order valence-corrected chi connectivity index (χ2v) is 7.33. The number of piperazine rings is 1. The van der Waals surface area contributed by atoms with E-state index in [0.717, 1.165) is 28.4 Å². The molecule has 1 aliphatic rings. The van der Waals surface area contributed by atoms with Crippen LogP contribution in [0.2, 0.25) is 5.02 Å². The van der Waals surface area contributed by atoms with Crippen LogP contribution in [-0.2, 0) is 4.79 Å². The summed E-state index contributed by atoms with van der Waals surface area (Å²) >= 11 is 6.27. The molecule has 0 atom stereocenters. The topological polar surface area (TPSA) is 53.5 Å². The number of benzene rings is 2. The van der Waals surface area contributed by atoms with Crippen molar-refractivity contribution in [1.82, 2.24) is 9.88 Å². The molecule has 1 fully saturated rings. The summed E-state index contributed by atoms with van der Waals surface area (Å²) in [7, 11) is 0. The van der Waals surface area contributed by atoms with Crippen molar-refractivity contribution in [3.8, 4) is 11.1 Å². The van der Waals surface area contributed by atoms with E-state index >= 15 is 0 Å². The largest absolute Gasteiger partial charge is 0.352 e. The molecule has 28 heavy (non-hydrogen) atoms. The molecular formula is C22H20ClN3O2. The van der Waals surface area contributed by atoms with E-state index in [-0.39, 0.29) is 5.78 Å². The Kier molecular flexibility index (Phi) is 5.01. The molecule has 0 radical (unpaired) electrons. The van der Waals surface area contributed by atoms with Crippen molar-refractivity contribution in [3.05, 3.63) is 59.1 Å². The average molecular weight is 394 g/mol. The number of fused-ring (bicyclic) bond motifs is 1. The van der Waals surface area contributed by atoms with Gasteiger partial charge in [-0.2, -0.15) is 0 Å². The van der Waals surface area contributed by atoms with E-state index in [4.69, 9.17) is 16.6 Å². The third-order valence-electron chi connectivity index (χ3n) is 5.11. The SMILES string of the molecule is CC(=O)c1c(N2CCN(C=O)CC2)nc2ccc(Cl)cc2c1-c1ccccc1. The number of hydrogen-bond donors (Lipinski definition) is 0. The summed E-state index contributed by atoms with van der Waals surface area (Å²) < 4.78 is 0. The van der Waals surface area contributed by atoms with Gasteiger partial charge < -0.3 is 9.80 Å². The van der Waals surface area contributed by atoms with Gasteiger partial charge in [-0.05, 0) is 30.7 Å². The summed E-state index contributed by atoms with van der Waals surface area (Å²) in [5.74, 6) is 0.632. The van der Waals surface area contributed by atoms with Crippen LogP contribution >= 0.6 is 11.6 Å². The molecule has 5 nitrogen and oxygen atoms in total. The second kappa shape index (κ2) is 7.60. The van der Waals surface area contributed by atoms with Gasteiger partial charge in [0.25, 0.3) is 0 Å². The van der Waals surface area contributed by atoms with E-state index in [2.05, 4.69) is 4.90 Å². The maximum atomic E-state index is 12.8. The van der Waals surface area contributed by atoms with Gasteiger partial charge in [0.1, 0.15) is 5.82 Å². The van der Waals surface area contributed by atoms with Gasteiger partial charge in [-0.25, -0.2) is 4.98 Å². The van der Waals surface area contributed by atoms with Crippen LogP contribution in [0.1, 0.15) is 17.3 Å². The molecule has 2 aromatic carbocycles. The molecule has 1 aliphatic heterocycles. The Labute approximate surface area is 168 Å². The predicted molar refractivity (Wildman–Crippen MR) is 112 cm³/mol. The van der Waals surface area contributed by atoms with Crippen molar-refractivity contribution in [2.45, 2.75) is 6.92 Å². The summed E-state index contributed by atoms with van der Waals surface area (Å²) in [6.07, 6.45) is 0.869. The number of rotatable bonds is 4. The minimum absolute atomic E-state index is 0.0407. The lowest BCUT2D eigenvalue weighted by Gasteiger charge is -2.34. The van der Waals surface area contributed by atoms with Crippen LogP contribution in [0.5, 0.6) is 0 Å². The van der Waals surface area contributed by atoms with Gasteiger partial charge in [-0.15, -0.1) is 0 Å². The van der Waals surface area contributed by atoms with Crippen molar-refractivity contribution in [1.29, 1.82) is 0 Å². The van der Waals surface area contributed by atoms with Crippen molar-refractivity contribution < 1.29 is 9.59 Å². The predicted octanol–water partition coefficient (Wildman–Crippen LogP) is 4.04. The Morgan fingerprint density at radius 1 is 1.07 bits per heavy atom. The van der Waals surface area contributed by atoms with Crippen molar-refractivity contribution in [2.75, 3.05) is 31.1 Å². The molecule has 6 heteroatoms. The molecule has 4 rings (SSSR count). The number of hydrogen-bond acceptors (Lipinski definition) is 4. The van der Waals surface area contributed by atoms with E-state index in [1.54, 1.807) is 11.8 Å². The maximum Gasteiger partial charge on any atom is 0.209 e. The number of amides is 1. The van der Waals surface area contributed by atoms with Crippen molar-refractivity contribution in [2.24, 2.45) is 0 Å². The van der Waals surface area contributed by atoms with Gasteiger partial charge in [-0.3, -0.25) is 9.59 Å². The number of carbonyl (C=O) groups excluding carboxylic acids is 2. The lowest BCUT2D eigenvalue weighted by atomic mass is 9.93. The quantitative estimate of drug-likeness (QED) is 0.496. The highest BCUT2D eigenvalue weighted by atomic mass is 35.5. The fourth-order valence-corrected chi connectivity index (χ4v) is 3.90. The smallest absolute Gasteiger partial charge is 0.209 e. The number of halogens is 1. The van der Waals surface area contributed by atoms with Crippen molar-refractivity contribution in [3.63, 3.8) is 0 Å². The zero-order chi connectivity index (χ0) is 19.7. The Hall–Kier alpha value is -2.92. The van der Waals surface area contributed by atoms with Crippen LogP contribution in [0.3, 0.4) is 0 Å². The molecule has 0 saturated carbocycles. The van der Waals surface area contributed by atoms with Crippen LogP contribution in [0.25, 0.3) is 22.0 Å². The lowest BCUT2D eigenvalue weighted by molar-refractivity contribution is -0.118. The van der Waals surface area contributed by atoms with Crippen LogP contribution in [-0.4, -0.2) is 48.3 Å². The number of ketones is 1. The summed E-state index contributed by atoms with van der Waals surface area (Å²) in [6, 6.07) is 15.4. The van der Waals surface area contributed by atoms with E-state index in [9.17, 15) is 9.59 Å². The molecule has 0 bridgehead atoms. The van der Waals surface area contributed by atoms with E-state index in [1.165, 1.54) is 0 Å². The molecule has 1 saturated heterocycles. The Bertz CT molecular complexity index is 1040. The first-order valence-corrected chi connectivity index (χ1v) is 9.60. The molecule has 0 unspecified atom stereocenters. The summed E-state index contributed by atoms with van der Waals surface area (Å²) in [6.45, 7) is 4.08. The first-order valence-electron chi connectivity index (χ1n) is 9.22. The van der Waals surface area contributed by atoms with E-state index in [1.807, 2.05) is 48.5 Å². The molecular weight excluding hydrogens is 374 g/mol. The van der Waals surface area contributed by atoms with Gasteiger partial charge in [-0.1, -0.05) is 41.9 Å². The van der Waals surface area contributed by atoms with Gasteiger partial charge in [0.05, 0.1) is 11.1 Å². The number of anilines is 1. The third-order valence-corrected chi connectivity index (χ3v) is 5.34. The Morgan fingerprint density at radius 3 is 2.43 bits per heavy atom. The minimum Gasteiger partial charge on any atom is -0.352 e. The first kappa shape index (κ1) is 18.4. The van der Waals surface area contributed by atoms with Gasteiger partial charge >= 0.3 is 0 Å². The van der Waals surface area contributed by atoms with Crippen LogP contribution < -0.4 is 4.90 Å². The average Bonchev–Trinajstić information content (AvgIpc) is 2.73. The fraction of sp³-hybridized carbons (Fsp3) is 0.227. The molecule has 1 aromatic heterocycles. The fourth-order valence-electron chi connectivity index (χ4n) is 3.73. The van der Waals surface area contributed by atoms with E-state index in [0.29, 0.717) is 42.6 Å². The molecule has 3 aromatic rings. The number of aromatic nitrogens is 1. The highest BCUT2D eigenvalue weighted by Crippen LogP contribution is 2.38. The van der Waals surface area contributed by atoms with Gasteiger partial charge in [0, 0.05) is 42.2 Å². The van der Waals surface area contributed by atoms with Crippen LogP contribution in [0.15, 0.2) is 48.5 Å². The summed E-state index contributed by atoms with van der Waals surface area (Å²) in [5, 5.41) is 1.47. The normalized spacial score (nSPS) is 14.4. The number of carbonyl (C=O) groups is 2. The third kappa shape index (κ3) is 3.34. The second-order valence-electron chi connectivity index (χ2n) is 6.90. The highest BCUT2D eigenvalue weighted by Gasteiger charge is 2.26. The zero-order valence-corrected chi connectivity index (χ0v) is 16.3. The van der Waals surface area contributed by atoms with Crippen LogP contribution in [0, 0.1) is 0 Å². The number of nitrogens with zero attached hydrogens (tertiary/aromatic N) is 3. The standard InChI is InChI=1S/C22H20ClN3O2/c1-15(28)20-21(16-5-3-2-4-6-16)18-13-17(23)7-8-19(18)24-22(20)26-11-9-25(14-27)10-12-26/h2-8,13-14H,9-12H2,1H3. The molecule has 0 N–H and O–H groups in total. The first-order chi connectivity index (χ1) is 13.6.